The first-order chi connectivity index (χ1) is 15.2. The molecule has 0 aliphatic carbocycles. The molecular formula is C23H22N6OS. The van der Waals surface area contributed by atoms with Gasteiger partial charge in [0.2, 0.25) is 5.95 Å². The van der Waals surface area contributed by atoms with Crippen LogP contribution in [0.2, 0.25) is 0 Å². The van der Waals surface area contributed by atoms with Crippen molar-refractivity contribution in [3.63, 3.8) is 0 Å². The molecule has 0 aliphatic heterocycles. The first-order valence-corrected chi connectivity index (χ1v) is 11.1. The van der Waals surface area contributed by atoms with E-state index in [1.807, 2.05) is 35.7 Å². The van der Waals surface area contributed by atoms with Gasteiger partial charge in [0.15, 0.2) is 5.82 Å². The number of rotatable bonds is 7. The summed E-state index contributed by atoms with van der Waals surface area (Å²) >= 11 is 1.60. The van der Waals surface area contributed by atoms with Crippen LogP contribution in [-0.4, -0.2) is 25.3 Å². The van der Waals surface area contributed by atoms with Gasteiger partial charge in [0.1, 0.15) is 5.75 Å². The molecule has 4 N–H and O–H groups in total. The number of benzene rings is 2. The van der Waals surface area contributed by atoms with Crippen molar-refractivity contribution < 1.29 is 5.11 Å². The summed E-state index contributed by atoms with van der Waals surface area (Å²) in [5.41, 5.74) is 4.94. The quantitative estimate of drug-likeness (QED) is 0.269. The lowest BCUT2D eigenvalue weighted by atomic mass is 10.1. The number of thiophene rings is 1. The summed E-state index contributed by atoms with van der Waals surface area (Å²) in [4.78, 5) is 9.37. The molecule has 7 nitrogen and oxygen atoms in total. The van der Waals surface area contributed by atoms with E-state index in [2.05, 4.69) is 38.8 Å². The van der Waals surface area contributed by atoms with Gasteiger partial charge >= 0.3 is 0 Å². The number of phenols is 1. The number of hydrogen-bond donors (Lipinski definition) is 4. The Balaban J connectivity index is 1.41. The lowest BCUT2D eigenvalue weighted by molar-refractivity contribution is 0.473. The lowest BCUT2D eigenvalue weighted by Crippen LogP contribution is -2.06. The average Bonchev–Trinajstić information content (AvgIpc) is 3.41. The Labute approximate surface area is 183 Å². The number of aromatic amines is 1. The summed E-state index contributed by atoms with van der Waals surface area (Å²) in [7, 11) is 0. The van der Waals surface area contributed by atoms with Gasteiger partial charge in [-0.15, -0.1) is 11.3 Å². The number of nitrogens with zero attached hydrogens (tertiary/aromatic N) is 3. The fourth-order valence-electron chi connectivity index (χ4n) is 3.64. The largest absolute Gasteiger partial charge is 0.508 e. The number of hydrogen-bond acceptors (Lipinski definition) is 7. The van der Waals surface area contributed by atoms with Crippen LogP contribution in [0.25, 0.3) is 21.1 Å². The molecule has 0 fully saturated rings. The van der Waals surface area contributed by atoms with E-state index in [4.69, 9.17) is 4.98 Å². The predicted octanol–water partition coefficient (Wildman–Crippen LogP) is 5.58. The molecule has 0 amide bonds. The van der Waals surface area contributed by atoms with Gasteiger partial charge in [0.25, 0.3) is 0 Å². The maximum atomic E-state index is 10.0. The third-order valence-electron chi connectivity index (χ3n) is 5.03. The number of aryl methyl sites for hydroxylation is 1. The first-order valence-electron chi connectivity index (χ1n) is 10.2. The second-order valence-corrected chi connectivity index (χ2v) is 8.36. The number of anilines is 3. The predicted molar refractivity (Wildman–Crippen MR) is 126 cm³/mol. The third kappa shape index (κ3) is 4.15. The molecule has 0 bridgehead atoms. The zero-order chi connectivity index (χ0) is 21.2. The Bertz CT molecular complexity index is 1360. The minimum Gasteiger partial charge on any atom is -0.508 e. The molecular weight excluding hydrogens is 408 g/mol. The second kappa shape index (κ2) is 8.23. The maximum absolute atomic E-state index is 10.0. The van der Waals surface area contributed by atoms with Crippen molar-refractivity contribution in [3.05, 3.63) is 65.2 Å². The van der Waals surface area contributed by atoms with Crippen molar-refractivity contribution in [2.45, 2.75) is 26.3 Å². The van der Waals surface area contributed by atoms with Gasteiger partial charge in [0, 0.05) is 17.6 Å². The molecule has 5 rings (SSSR count). The first kappa shape index (κ1) is 19.3. The number of fused-ring (bicyclic) bond motifs is 2. The third-order valence-corrected chi connectivity index (χ3v) is 5.94. The van der Waals surface area contributed by atoms with E-state index >= 15 is 0 Å². The van der Waals surface area contributed by atoms with E-state index in [0.717, 1.165) is 56.6 Å². The molecule has 0 spiro atoms. The molecule has 0 radical (unpaired) electrons. The standard InChI is InChI=1S/C23H22N6OS/c1-2-3-14-8-15(10-18(30)9-14)12-24-23-27-20-6-7-31-21(20)22(28-23)26-17-4-5-19-16(11-17)13-25-29-19/h4-11,13,30H,2-3,12H2,1H3,(H,25,29)(H2,24,26,27,28). The van der Waals surface area contributed by atoms with Crippen LogP contribution in [0.5, 0.6) is 5.75 Å². The molecule has 5 aromatic rings. The SMILES string of the molecule is CCCc1cc(O)cc(CNc2nc(Nc3ccc4[nH]ncc4c3)c3sccc3n2)c1. The van der Waals surface area contributed by atoms with E-state index in [1.165, 1.54) is 0 Å². The van der Waals surface area contributed by atoms with Crippen molar-refractivity contribution >= 4 is 49.9 Å². The summed E-state index contributed by atoms with van der Waals surface area (Å²) in [5.74, 6) is 1.58. The summed E-state index contributed by atoms with van der Waals surface area (Å²) < 4.78 is 1.00. The Hall–Kier alpha value is -3.65. The van der Waals surface area contributed by atoms with Crippen LogP contribution in [0.3, 0.4) is 0 Å². The van der Waals surface area contributed by atoms with Gasteiger partial charge in [-0.25, -0.2) is 4.98 Å². The fourth-order valence-corrected chi connectivity index (χ4v) is 4.42. The molecule has 0 saturated heterocycles. The van der Waals surface area contributed by atoms with Crippen LogP contribution < -0.4 is 10.6 Å². The highest BCUT2D eigenvalue weighted by Gasteiger charge is 2.11. The van der Waals surface area contributed by atoms with E-state index in [-0.39, 0.29) is 5.75 Å². The van der Waals surface area contributed by atoms with Crippen LogP contribution in [-0.2, 0) is 13.0 Å². The molecule has 3 aromatic heterocycles. The van der Waals surface area contributed by atoms with Crippen molar-refractivity contribution in [2.24, 2.45) is 0 Å². The highest BCUT2D eigenvalue weighted by molar-refractivity contribution is 7.17. The van der Waals surface area contributed by atoms with Crippen LogP contribution in [0.1, 0.15) is 24.5 Å². The molecule has 2 aromatic carbocycles. The van der Waals surface area contributed by atoms with Crippen LogP contribution in [0.15, 0.2) is 54.0 Å². The number of aromatic nitrogens is 4. The number of H-pyrrole nitrogens is 1. The van der Waals surface area contributed by atoms with Gasteiger partial charge in [-0.1, -0.05) is 19.4 Å². The van der Waals surface area contributed by atoms with Crippen molar-refractivity contribution in [2.75, 3.05) is 10.6 Å². The van der Waals surface area contributed by atoms with E-state index in [0.29, 0.717) is 12.5 Å². The van der Waals surface area contributed by atoms with Gasteiger partial charge < -0.3 is 15.7 Å². The molecule has 156 valence electrons. The van der Waals surface area contributed by atoms with Crippen LogP contribution in [0.4, 0.5) is 17.5 Å². The molecule has 0 atom stereocenters. The molecule has 0 saturated carbocycles. The Morgan fingerprint density at radius 2 is 1.97 bits per heavy atom. The highest BCUT2D eigenvalue weighted by Crippen LogP contribution is 2.30. The fraction of sp³-hybridized carbons (Fsp3) is 0.174. The molecule has 3 heterocycles. The Kier molecular flexibility index (Phi) is 5.13. The maximum Gasteiger partial charge on any atom is 0.225 e. The van der Waals surface area contributed by atoms with E-state index in [9.17, 15) is 5.11 Å². The number of nitrogens with one attached hydrogen (secondary N) is 3. The molecule has 0 aliphatic rings. The van der Waals surface area contributed by atoms with Crippen molar-refractivity contribution in [1.29, 1.82) is 0 Å². The van der Waals surface area contributed by atoms with Gasteiger partial charge in [-0.2, -0.15) is 10.1 Å². The highest BCUT2D eigenvalue weighted by atomic mass is 32.1. The normalized spacial score (nSPS) is 11.3. The second-order valence-electron chi connectivity index (χ2n) is 7.44. The average molecular weight is 431 g/mol. The summed E-state index contributed by atoms with van der Waals surface area (Å²) in [6.45, 7) is 2.66. The smallest absolute Gasteiger partial charge is 0.225 e. The summed E-state index contributed by atoms with van der Waals surface area (Å²) in [6, 6.07) is 13.7. The van der Waals surface area contributed by atoms with Gasteiger partial charge in [0.05, 0.1) is 21.9 Å². The zero-order valence-corrected chi connectivity index (χ0v) is 17.8. The number of phenolic OH excluding ortho intramolecular Hbond substituents is 1. The molecule has 31 heavy (non-hydrogen) atoms. The van der Waals surface area contributed by atoms with E-state index < -0.39 is 0 Å². The lowest BCUT2D eigenvalue weighted by Gasteiger charge is -2.11. The van der Waals surface area contributed by atoms with Crippen molar-refractivity contribution in [3.8, 4) is 5.75 Å². The molecule has 0 unspecified atom stereocenters. The Morgan fingerprint density at radius 1 is 1.06 bits per heavy atom. The molecule has 8 heteroatoms. The minimum absolute atomic E-state index is 0.286. The van der Waals surface area contributed by atoms with Crippen molar-refractivity contribution in [1.82, 2.24) is 20.2 Å². The number of aromatic hydroxyl groups is 1. The topological polar surface area (TPSA) is 98.8 Å². The van der Waals surface area contributed by atoms with Gasteiger partial charge in [-0.05, 0) is 59.3 Å². The summed E-state index contributed by atoms with van der Waals surface area (Å²) in [5, 5.41) is 26.8. The summed E-state index contributed by atoms with van der Waals surface area (Å²) in [6.07, 6.45) is 3.78. The monoisotopic (exact) mass is 430 g/mol. The van der Waals surface area contributed by atoms with Crippen LogP contribution >= 0.6 is 11.3 Å². The van der Waals surface area contributed by atoms with Gasteiger partial charge in [-0.3, -0.25) is 5.10 Å². The Morgan fingerprint density at radius 3 is 2.87 bits per heavy atom. The minimum atomic E-state index is 0.286. The zero-order valence-electron chi connectivity index (χ0n) is 17.0. The van der Waals surface area contributed by atoms with E-state index in [1.54, 1.807) is 23.6 Å². The van der Waals surface area contributed by atoms with Crippen LogP contribution in [0, 0.1) is 0 Å².